The second-order valence-corrected chi connectivity index (χ2v) is 8.22. The Bertz CT molecular complexity index is 1110. The molecule has 0 saturated carbocycles. The maximum absolute atomic E-state index is 13.0. The number of piperidine rings is 1. The van der Waals surface area contributed by atoms with Gasteiger partial charge in [-0.05, 0) is 80.0 Å². The monoisotopic (exact) mass is 443 g/mol. The molecule has 0 bridgehead atoms. The first-order valence-electron chi connectivity index (χ1n) is 11.3. The molecule has 3 aromatic carbocycles. The highest BCUT2D eigenvalue weighted by atomic mass is 16.5. The Morgan fingerprint density at radius 1 is 0.848 bits per heavy atom. The molecule has 2 N–H and O–H groups in total. The number of methoxy groups -OCH3 is 1. The van der Waals surface area contributed by atoms with E-state index < -0.39 is 0 Å². The van der Waals surface area contributed by atoms with Crippen LogP contribution in [0.1, 0.15) is 45.5 Å². The van der Waals surface area contributed by atoms with Crippen molar-refractivity contribution >= 4 is 23.2 Å². The number of rotatable bonds is 7. The Kier molecular flexibility index (Phi) is 7.37. The number of nitrogens with zero attached hydrogens (tertiary/aromatic N) is 1. The van der Waals surface area contributed by atoms with Crippen molar-refractivity contribution in [3.8, 4) is 5.75 Å². The van der Waals surface area contributed by atoms with Gasteiger partial charge in [0.1, 0.15) is 5.75 Å². The lowest BCUT2D eigenvalue weighted by Crippen LogP contribution is -2.29. The van der Waals surface area contributed by atoms with Crippen molar-refractivity contribution in [2.24, 2.45) is 0 Å². The molecular formula is C27H29N3O3. The molecule has 2 amide bonds. The van der Waals surface area contributed by atoms with Crippen molar-refractivity contribution in [1.82, 2.24) is 4.90 Å². The lowest BCUT2D eigenvalue weighted by Gasteiger charge is -2.26. The van der Waals surface area contributed by atoms with Gasteiger partial charge in [-0.1, -0.05) is 30.7 Å². The third kappa shape index (κ3) is 5.99. The van der Waals surface area contributed by atoms with E-state index in [1.807, 2.05) is 18.2 Å². The molecule has 1 aliphatic heterocycles. The summed E-state index contributed by atoms with van der Waals surface area (Å²) in [5.74, 6) is 0.117. The number of hydrogen-bond acceptors (Lipinski definition) is 4. The highest BCUT2D eigenvalue weighted by molar-refractivity contribution is 6.12. The molecule has 0 spiro atoms. The van der Waals surface area contributed by atoms with Gasteiger partial charge in [0.25, 0.3) is 11.8 Å². The van der Waals surface area contributed by atoms with E-state index in [2.05, 4.69) is 21.6 Å². The minimum atomic E-state index is -0.290. The van der Waals surface area contributed by atoms with E-state index >= 15 is 0 Å². The average Bonchev–Trinajstić information content (AvgIpc) is 2.85. The Hall–Kier alpha value is -3.64. The van der Waals surface area contributed by atoms with Crippen LogP contribution in [0.4, 0.5) is 11.4 Å². The summed E-state index contributed by atoms with van der Waals surface area (Å²) in [6.07, 6.45) is 3.80. The number of benzene rings is 3. The van der Waals surface area contributed by atoms with Gasteiger partial charge in [0.15, 0.2) is 0 Å². The molecule has 1 aliphatic rings. The molecule has 1 heterocycles. The summed E-state index contributed by atoms with van der Waals surface area (Å²) in [5, 5.41) is 5.83. The number of para-hydroxylation sites is 1. The van der Waals surface area contributed by atoms with E-state index in [4.69, 9.17) is 4.74 Å². The van der Waals surface area contributed by atoms with Crippen LogP contribution in [0.5, 0.6) is 5.75 Å². The molecule has 0 unspecified atom stereocenters. The largest absolute Gasteiger partial charge is 0.497 e. The zero-order valence-electron chi connectivity index (χ0n) is 18.8. The van der Waals surface area contributed by atoms with Crippen LogP contribution in [0.2, 0.25) is 0 Å². The summed E-state index contributed by atoms with van der Waals surface area (Å²) >= 11 is 0. The first-order valence-corrected chi connectivity index (χ1v) is 11.3. The predicted octanol–water partition coefficient (Wildman–Crippen LogP) is 5.19. The van der Waals surface area contributed by atoms with E-state index in [1.54, 1.807) is 55.6 Å². The predicted molar refractivity (Wildman–Crippen MR) is 131 cm³/mol. The summed E-state index contributed by atoms with van der Waals surface area (Å²) in [6, 6.07) is 21.8. The summed E-state index contributed by atoms with van der Waals surface area (Å²) in [4.78, 5) is 28.2. The Morgan fingerprint density at radius 3 is 2.36 bits per heavy atom. The second-order valence-electron chi connectivity index (χ2n) is 8.22. The van der Waals surface area contributed by atoms with Crippen LogP contribution >= 0.6 is 0 Å². The molecule has 0 aromatic heterocycles. The maximum atomic E-state index is 13.0. The molecule has 1 fully saturated rings. The molecule has 3 aromatic rings. The van der Waals surface area contributed by atoms with Gasteiger partial charge in [0.05, 0.1) is 18.4 Å². The van der Waals surface area contributed by atoms with Gasteiger partial charge >= 0.3 is 0 Å². The van der Waals surface area contributed by atoms with Crippen molar-refractivity contribution in [2.45, 2.75) is 25.8 Å². The first kappa shape index (κ1) is 22.6. The summed E-state index contributed by atoms with van der Waals surface area (Å²) in [5.41, 5.74) is 3.26. The lowest BCUT2D eigenvalue weighted by molar-refractivity contribution is 0.102. The van der Waals surface area contributed by atoms with Crippen LogP contribution in [-0.2, 0) is 6.54 Å². The number of ether oxygens (including phenoxy) is 1. The number of nitrogens with one attached hydrogen (secondary N) is 2. The summed E-state index contributed by atoms with van der Waals surface area (Å²) in [6.45, 7) is 3.13. The zero-order chi connectivity index (χ0) is 23.0. The van der Waals surface area contributed by atoms with Crippen LogP contribution < -0.4 is 15.4 Å². The number of carbonyl (C=O) groups excluding carboxylic acids is 2. The molecule has 170 valence electrons. The van der Waals surface area contributed by atoms with E-state index in [-0.39, 0.29) is 11.8 Å². The van der Waals surface area contributed by atoms with Gasteiger partial charge in [0, 0.05) is 17.8 Å². The number of hydrogen-bond donors (Lipinski definition) is 2. The van der Waals surface area contributed by atoms with Crippen LogP contribution in [0.3, 0.4) is 0 Å². The quantitative estimate of drug-likeness (QED) is 0.528. The minimum Gasteiger partial charge on any atom is -0.497 e. The van der Waals surface area contributed by atoms with E-state index in [0.29, 0.717) is 22.6 Å². The Labute approximate surface area is 194 Å². The van der Waals surface area contributed by atoms with E-state index in [0.717, 1.165) is 25.3 Å². The second kappa shape index (κ2) is 10.8. The highest BCUT2D eigenvalue weighted by Gasteiger charge is 2.15. The molecule has 0 aliphatic carbocycles. The van der Waals surface area contributed by atoms with Crippen LogP contribution in [0.25, 0.3) is 0 Å². The molecule has 0 atom stereocenters. The van der Waals surface area contributed by atoms with Gasteiger partial charge in [-0.15, -0.1) is 0 Å². The molecule has 4 rings (SSSR count). The fraction of sp³-hybridized carbons (Fsp3) is 0.259. The minimum absolute atomic E-state index is 0.268. The van der Waals surface area contributed by atoms with Crippen LogP contribution in [0.15, 0.2) is 72.8 Å². The summed E-state index contributed by atoms with van der Waals surface area (Å²) in [7, 11) is 1.58. The molecule has 1 saturated heterocycles. The van der Waals surface area contributed by atoms with E-state index in [1.165, 1.54) is 24.8 Å². The van der Waals surface area contributed by atoms with Crippen LogP contribution in [0, 0.1) is 0 Å². The Morgan fingerprint density at radius 2 is 1.61 bits per heavy atom. The van der Waals surface area contributed by atoms with Crippen molar-refractivity contribution in [2.75, 3.05) is 30.8 Å². The van der Waals surface area contributed by atoms with E-state index in [9.17, 15) is 9.59 Å². The topological polar surface area (TPSA) is 70.7 Å². The third-order valence-corrected chi connectivity index (χ3v) is 5.81. The number of amides is 2. The molecule has 6 heteroatoms. The third-order valence-electron chi connectivity index (χ3n) is 5.81. The lowest BCUT2D eigenvalue weighted by atomic mass is 10.1. The average molecular weight is 444 g/mol. The molecule has 33 heavy (non-hydrogen) atoms. The molecule has 6 nitrogen and oxygen atoms in total. The highest BCUT2D eigenvalue weighted by Crippen LogP contribution is 2.21. The summed E-state index contributed by atoms with van der Waals surface area (Å²) < 4.78 is 5.14. The number of anilines is 2. The molecular weight excluding hydrogens is 414 g/mol. The van der Waals surface area contributed by atoms with Crippen molar-refractivity contribution in [1.29, 1.82) is 0 Å². The van der Waals surface area contributed by atoms with Gasteiger partial charge in [0.2, 0.25) is 0 Å². The van der Waals surface area contributed by atoms with Crippen molar-refractivity contribution in [3.05, 3.63) is 89.5 Å². The maximum Gasteiger partial charge on any atom is 0.257 e. The molecule has 0 radical (unpaired) electrons. The fourth-order valence-corrected chi connectivity index (χ4v) is 4.05. The SMILES string of the molecule is COc1ccc(C(=O)Nc2ccccc2C(=O)Nc2cccc(CN3CCCCC3)c2)cc1. The van der Waals surface area contributed by atoms with Gasteiger partial charge in [-0.3, -0.25) is 14.5 Å². The standard InChI is InChI=1S/C27H29N3O3/c1-33-23-14-12-21(13-15-23)26(31)29-25-11-4-3-10-24(25)27(32)28-22-9-7-8-20(18-22)19-30-16-5-2-6-17-30/h3-4,7-15,18H,2,5-6,16-17,19H2,1H3,(H,28,32)(H,29,31). The van der Waals surface area contributed by atoms with Gasteiger partial charge in [-0.2, -0.15) is 0 Å². The zero-order valence-corrected chi connectivity index (χ0v) is 18.8. The van der Waals surface area contributed by atoms with Gasteiger partial charge < -0.3 is 15.4 Å². The smallest absolute Gasteiger partial charge is 0.257 e. The van der Waals surface area contributed by atoms with Crippen LogP contribution in [-0.4, -0.2) is 36.9 Å². The van der Waals surface area contributed by atoms with Gasteiger partial charge in [-0.25, -0.2) is 0 Å². The number of likely N-dealkylation sites (tertiary alicyclic amines) is 1. The van der Waals surface area contributed by atoms with Crippen molar-refractivity contribution in [3.63, 3.8) is 0 Å². The first-order chi connectivity index (χ1) is 16.1. The van der Waals surface area contributed by atoms with Crippen molar-refractivity contribution < 1.29 is 14.3 Å². The Balaban J connectivity index is 1.44. The normalized spacial score (nSPS) is 13.8. The number of carbonyl (C=O) groups is 2. The fourth-order valence-electron chi connectivity index (χ4n) is 4.05.